The number of esters is 1. The van der Waals surface area contributed by atoms with Crippen LogP contribution in [-0.2, 0) is 14.9 Å². The second-order valence-corrected chi connectivity index (χ2v) is 10.5. The first-order valence-corrected chi connectivity index (χ1v) is 11.5. The summed E-state index contributed by atoms with van der Waals surface area (Å²) in [5.41, 5.74) is 4.26. The summed E-state index contributed by atoms with van der Waals surface area (Å²) in [6.07, 6.45) is 2.80. The predicted molar refractivity (Wildman–Crippen MR) is 114 cm³/mol. The zero-order chi connectivity index (χ0) is 19.0. The van der Waals surface area contributed by atoms with Crippen molar-refractivity contribution in [3.05, 3.63) is 41.1 Å². The molecule has 0 saturated carbocycles. The number of hydrogen-bond donors (Lipinski definition) is 1. The number of halogens is 2. The molecule has 1 aliphatic carbocycles. The first-order valence-electron chi connectivity index (χ1n) is 9.70. The van der Waals surface area contributed by atoms with Gasteiger partial charge in [-0.25, -0.2) is 4.79 Å². The van der Waals surface area contributed by atoms with Crippen molar-refractivity contribution >= 4 is 43.5 Å². The number of nitrogens with one attached hydrogen (secondary N) is 1. The molecule has 0 radical (unpaired) electrons. The largest absolute Gasteiger partial charge is 0.466 e. The van der Waals surface area contributed by atoms with Crippen LogP contribution in [0.5, 0.6) is 0 Å². The molecule has 5 atom stereocenters. The topological polar surface area (TPSA) is 41.6 Å². The van der Waals surface area contributed by atoms with Gasteiger partial charge in [-0.1, -0.05) is 57.0 Å². The molecule has 3 aliphatic heterocycles. The predicted octanol–water partition coefficient (Wildman–Crippen LogP) is 4.19. The third kappa shape index (κ3) is 2.10. The molecule has 5 rings (SSSR count). The Morgan fingerprint density at radius 3 is 2.89 bits per heavy atom. The number of para-hydroxylation sites is 1. The summed E-state index contributed by atoms with van der Waals surface area (Å²) in [4.78, 5) is 16.2. The van der Waals surface area contributed by atoms with E-state index in [4.69, 9.17) is 4.74 Å². The number of ether oxygens (including phenoxy) is 1. The Morgan fingerprint density at radius 1 is 1.37 bits per heavy atom. The minimum absolute atomic E-state index is 0.0188. The highest BCUT2D eigenvalue weighted by atomic mass is 79.9. The number of piperidine rings is 1. The monoisotopic (exact) mass is 494 g/mol. The maximum Gasteiger partial charge on any atom is 0.335 e. The molecule has 1 aromatic rings. The normalized spacial score (nSPS) is 39.5. The van der Waals surface area contributed by atoms with Crippen molar-refractivity contribution in [2.75, 3.05) is 25.5 Å². The van der Waals surface area contributed by atoms with Crippen LogP contribution in [0.1, 0.15) is 31.7 Å². The summed E-state index contributed by atoms with van der Waals surface area (Å²) in [6.45, 7) is 4.37. The summed E-state index contributed by atoms with van der Waals surface area (Å²) in [5, 5.41) is 3.65. The lowest BCUT2D eigenvalue weighted by atomic mass is 9.53. The van der Waals surface area contributed by atoms with Gasteiger partial charge >= 0.3 is 5.97 Å². The molecule has 0 bridgehead atoms. The molecule has 4 aliphatic rings. The highest BCUT2D eigenvalue weighted by Crippen LogP contribution is 2.66. The van der Waals surface area contributed by atoms with Crippen LogP contribution in [0.15, 0.2) is 35.5 Å². The van der Waals surface area contributed by atoms with Crippen LogP contribution in [0.3, 0.4) is 0 Å². The van der Waals surface area contributed by atoms with E-state index in [1.54, 1.807) is 0 Å². The smallest absolute Gasteiger partial charge is 0.335 e. The SMILES string of the molecule is CC[C@@]12CC(C(=O)OC)=C3Nc4ccccc4[C@@]34CCN(C[C@H](Br)[C@H]1Br)[C@@H]24. The van der Waals surface area contributed by atoms with Gasteiger partial charge in [0.25, 0.3) is 0 Å². The van der Waals surface area contributed by atoms with Gasteiger partial charge in [-0.15, -0.1) is 0 Å². The number of nitrogens with zero attached hydrogens (tertiary/aromatic N) is 1. The van der Waals surface area contributed by atoms with Crippen LogP contribution in [0.2, 0.25) is 0 Å². The Labute approximate surface area is 177 Å². The quantitative estimate of drug-likeness (QED) is 0.493. The van der Waals surface area contributed by atoms with Crippen LogP contribution in [-0.4, -0.2) is 46.8 Å². The van der Waals surface area contributed by atoms with Gasteiger partial charge in [-0.05, 0) is 37.4 Å². The minimum Gasteiger partial charge on any atom is -0.466 e. The van der Waals surface area contributed by atoms with Crippen molar-refractivity contribution in [3.8, 4) is 0 Å². The summed E-state index contributed by atoms with van der Waals surface area (Å²) in [7, 11) is 1.50. The first-order chi connectivity index (χ1) is 13.0. The number of anilines is 1. The second kappa shape index (κ2) is 6.07. The van der Waals surface area contributed by atoms with Gasteiger partial charge in [0.15, 0.2) is 0 Å². The van der Waals surface area contributed by atoms with Crippen LogP contribution in [0, 0.1) is 5.41 Å². The Kier molecular flexibility index (Phi) is 4.09. The molecule has 3 heterocycles. The molecule has 6 heteroatoms. The fraction of sp³-hybridized carbons (Fsp3) is 0.571. The zero-order valence-electron chi connectivity index (χ0n) is 15.6. The number of methoxy groups -OCH3 is 1. The third-order valence-electron chi connectivity index (χ3n) is 7.46. The summed E-state index contributed by atoms with van der Waals surface area (Å²) in [6, 6.07) is 8.97. The summed E-state index contributed by atoms with van der Waals surface area (Å²) >= 11 is 7.99. The van der Waals surface area contributed by atoms with Crippen LogP contribution >= 0.6 is 31.9 Å². The molecule has 144 valence electrons. The highest BCUT2D eigenvalue weighted by molar-refractivity contribution is 9.12. The Balaban J connectivity index is 1.82. The maximum absolute atomic E-state index is 12.9. The summed E-state index contributed by atoms with van der Waals surface area (Å²) in [5.74, 6) is -0.189. The first kappa shape index (κ1) is 18.2. The molecular weight excluding hydrogens is 472 g/mol. The van der Waals surface area contributed by atoms with Gasteiger partial charge in [0.2, 0.25) is 0 Å². The Morgan fingerprint density at radius 2 is 2.15 bits per heavy atom. The van der Waals surface area contributed by atoms with Crippen molar-refractivity contribution in [1.29, 1.82) is 0 Å². The molecule has 27 heavy (non-hydrogen) atoms. The van der Waals surface area contributed by atoms with Crippen molar-refractivity contribution in [2.45, 2.75) is 47.3 Å². The average Bonchev–Trinajstić information content (AvgIpc) is 3.24. The second-order valence-electron chi connectivity index (χ2n) is 8.32. The van der Waals surface area contributed by atoms with Crippen molar-refractivity contribution in [2.24, 2.45) is 5.41 Å². The van der Waals surface area contributed by atoms with E-state index in [0.717, 1.165) is 49.3 Å². The van der Waals surface area contributed by atoms with Gasteiger partial charge < -0.3 is 10.1 Å². The zero-order valence-corrected chi connectivity index (χ0v) is 18.8. The van der Waals surface area contributed by atoms with E-state index in [1.807, 2.05) is 0 Å². The van der Waals surface area contributed by atoms with Gasteiger partial charge in [0.05, 0.1) is 18.1 Å². The summed E-state index contributed by atoms with van der Waals surface area (Å²) < 4.78 is 5.25. The standard InChI is InChI=1S/C21H24Br2N2O2/c1-3-20-10-12(18(26)27-2)17-21(13-6-4-5-7-15(13)24-17)8-9-25(19(20)21)11-14(22)16(20)23/h4-7,14,16,19,24H,3,8-11H2,1-2H3/t14-,16+,19-,20+,21-/m0/s1. The van der Waals surface area contributed by atoms with Crippen molar-refractivity contribution in [3.63, 3.8) is 0 Å². The van der Waals surface area contributed by atoms with Crippen molar-refractivity contribution < 1.29 is 9.53 Å². The minimum atomic E-state index is -0.189. The maximum atomic E-state index is 12.9. The van der Waals surface area contributed by atoms with Gasteiger partial charge in [-0.3, -0.25) is 4.90 Å². The lowest BCUT2D eigenvalue weighted by molar-refractivity contribution is -0.137. The van der Waals surface area contributed by atoms with E-state index in [0.29, 0.717) is 15.7 Å². The van der Waals surface area contributed by atoms with Crippen LogP contribution < -0.4 is 5.32 Å². The van der Waals surface area contributed by atoms with Crippen LogP contribution in [0.25, 0.3) is 0 Å². The number of alkyl halides is 2. The number of carbonyl (C=O) groups excluding carboxylic acids is 1. The molecule has 2 saturated heterocycles. The Hall–Kier alpha value is -0.850. The molecule has 1 N–H and O–H groups in total. The number of fused-ring (bicyclic) bond motifs is 1. The number of benzene rings is 1. The van der Waals surface area contributed by atoms with E-state index in [-0.39, 0.29) is 16.8 Å². The van der Waals surface area contributed by atoms with E-state index < -0.39 is 0 Å². The third-order valence-corrected chi connectivity index (χ3v) is 10.5. The number of rotatable bonds is 2. The molecule has 0 amide bonds. The fourth-order valence-corrected chi connectivity index (χ4v) is 8.25. The van der Waals surface area contributed by atoms with Gasteiger partial charge in [0.1, 0.15) is 0 Å². The molecule has 1 spiro atoms. The van der Waals surface area contributed by atoms with E-state index >= 15 is 0 Å². The van der Waals surface area contributed by atoms with E-state index in [9.17, 15) is 4.79 Å². The van der Waals surface area contributed by atoms with E-state index in [1.165, 1.54) is 12.7 Å². The van der Waals surface area contributed by atoms with Crippen molar-refractivity contribution in [1.82, 2.24) is 4.90 Å². The number of hydrogen-bond acceptors (Lipinski definition) is 4. The highest BCUT2D eigenvalue weighted by Gasteiger charge is 2.69. The molecular formula is C21H24Br2N2O2. The molecule has 0 unspecified atom stereocenters. The Bertz CT molecular complexity index is 856. The lowest BCUT2D eigenvalue weighted by Gasteiger charge is -2.59. The van der Waals surface area contributed by atoms with Gasteiger partial charge in [0, 0.05) is 39.0 Å². The fourth-order valence-electron chi connectivity index (χ4n) is 6.45. The number of carbonyl (C=O) groups is 1. The lowest BCUT2D eigenvalue weighted by Crippen LogP contribution is -2.66. The van der Waals surface area contributed by atoms with E-state index in [2.05, 4.69) is 73.3 Å². The van der Waals surface area contributed by atoms with Gasteiger partial charge in [-0.2, -0.15) is 0 Å². The molecule has 2 fully saturated rings. The molecule has 0 aromatic heterocycles. The van der Waals surface area contributed by atoms with Crippen LogP contribution in [0.4, 0.5) is 5.69 Å². The average molecular weight is 496 g/mol. The molecule has 4 nitrogen and oxygen atoms in total. The molecule has 1 aromatic carbocycles.